The second kappa shape index (κ2) is 5.69. The number of aliphatic carboxylic acids is 1. The molecule has 0 aliphatic carbocycles. The molecule has 0 aromatic heterocycles. The van der Waals surface area contributed by atoms with Crippen molar-refractivity contribution in [1.82, 2.24) is 0 Å². The van der Waals surface area contributed by atoms with Crippen molar-refractivity contribution in [3.63, 3.8) is 0 Å². The molecule has 2 rings (SSSR count). The summed E-state index contributed by atoms with van der Waals surface area (Å²) in [6.07, 6.45) is -0.00190. The zero-order valence-electron chi connectivity index (χ0n) is 10.2. The van der Waals surface area contributed by atoms with E-state index in [-0.39, 0.29) is 24.8 Å². The summed E-state index contributed by atoms with van der Waals surface area (Å²) in [6.45, 7) is 0.613. The van der Waals surface area contributed by atoms with Crippen molar-refractivity contribution in [3.8, 4) is 0 Å². The van der Waals surface area contributed by atoms with Gasteiger partial charge >= 0.3 is 12.1 Å². The molecule has 1 amide bonds. The highest BCUT2D eigenvalue weighted by Crippen LogP contribution is 2.23. The Bertz CT molecular complexity index is 474. The highest BCUT2D eigenvalue weighted by molar-refractivity contribution is 5.88. The first kappa shape index (κ1) is 13.3. The second-order valence-electron chi connectivity index (χ2n) is 4.46. The smallest absolute Gasteiger partial charge is 0.414 e. The number of carbonyl (C=O) groups is 2. The van der Waals surface area contributed by atoms with Gasteiger partial charge in [0.05, 0.1) is 6.61 Å². The molecule has 102 valence electrons. The van der Waals surface area contributed by atoms with Gasteiger partial charge in [0.2, 0.25) is 0 Å². The molecule has 0 bridgehead atoms. The second-order valence-corrected chi connectivity index (χ2v) is 4.46. The lowest BCUT2D eigenvalue weighted by Crippen LogP contribution is -2.43. The number of carboxylic acid groups (broad SMARTS) is 1. The topological polar surface area (TPSA) is 66.8 Å². The summed E-state index contributed by atoms with van der Waals surface area (Å²) in [5, 5.41) is 8.65. The number of carboxylic acids is 1. The Kier molecular flexibility index (Phi) is 3.99. The van der Waals surface area contributed by atoms with E-state index in [1.54, 1.807) is 0 Å². The molecule has 0 radical (unpaired) electrons. The summed E-state index contributed by atoms with van der Waals surface area (Å²) < 4.78 is 17.9. The zero-order valence-corrected chi connectivity index (χ0v) is 10.2. The number of nitrogens with zero attached hydrogens (tertiary/aromatic N) is 1. The fourth-order valence-corrected chi connectivity index (χ4v) is 1.99. The molecule has 1 atom stereocenters. The van der Waals surface area contributed by atoms with Crippen LogP contribution in [-0.4, -0.2) is 30.3 Å². The van der Waals surface area contributed by atoms with Gasteiger partial charge in [-0.2, -0.15) is 0 Å². The van der Waals surface area contributed by atoms with Gasteiger partial charge in [-0.05, 0) is 30.7 Å². The van der Waals surface area contributed by atoms with E-state index in [0.717, 1.165) is 0 Å². The molecule has 1 N–H and O–H groups in total. The van der Waals surface area contributed by atoms with Gasteiger partial charge in [-0.15, -0.1) is 0 Å². The van der Waals surface area contributed by atoms with E-state index in [9.17, 15) is 14.0 Å². The molecular formula is C13H14FNO4. The van der Waals surface area contributed by atoms with Crippen molar-refractivity contribution >= 4 is 17.7 Å². The summed E-state index contributed by atoms with van der Waals surface area (Å²) in [4.78, 5) is 23.6. The van der Waals surface area contributed by atoms with Crippen LogP contribution in [0.4, 0.5) is 14.9 Å². The molecule has 1 saturated heterocycles. The summed E-state index contributed by atoms with van der Waals surface area (Å²) in [6, 6.07) is 5.53. The van der Waals surface area contributed by atoms with Gasteiger partial charge < -0.3 is 9.84 Å². The maximum atomic E-state index is 12.8. The first-order valence-electron chi connectivity index (χ1n) is 5.98. The molecule has 1 aliphatic rings. The van der Waals surface area contributed by atoms with Gasteiger partial charge in [-0.1, -0.05) is 0 Å². The van der Waals surface area contributed by atoms with Crippen molar-refractivity contribution in [2.45, 2.75) is 12.8 Å². The van der Waals surface area contributed by atoms with Crippen LogP contribution in [0.3, 0.4) is 0 Å². The molecule has 1 heterocycles. The number of ether oxygens (including phenoxy) is 1. The molecule has 0 spiro atoms. The van der Waals surface area contributed by atoms with Crippen molar-refractivity contribution in [2.75, 3.05) is 18.1 Å². The van der Waals surface area contributed by atoms with Gasteiger partial charge in [0.25, 0.3) is 0 Å². The monoisotopic (exact) mass is 267 g/mol. The van der Waals surface area contributed by atoms with Crippen LogP contribution in [0.5, 0.6) is 0 Å². The van der Waals surface area contributed by atoms with Crippen LogP contribution >= 0.6 is 0 Å². The number of cyclic esters (lactones) is 1. The van der Waals surface area contributed by atoms with Crippen molar-refractivity contribution in [3.05, 3.63) is 30.1 Å². The molecule has 1 aromatic carbocycles. The van der Waals surface area contributed by atoms with Crippen LogP contribution in [0, 0.1) is 11.7 Å². The van der Waals surface area contributed by atoms with Crippen LogP contribution < -0.4 is 4.90 Å². The molecule has 1 fully saturated rings. The fourth-order valence-electron chi connectivity index (χ4n) is 1.99. The van der Waals surface area contributed by atoms with Crippen LogP contribution in [0.25, 0.3) is 0 Å². The predicted octanol–water partition coefficient (Wildman–Crippen LogP) is 2.26. The Labute approximate surface area is 109 Å². The van der Waals surface area contributed by atoms with Crippen LogP contribution in [0.1, 0.15) is 12.8 Å². The Hall–Kier alpha value is -2.11. The predicted molar refractivity (Wildman–Crippen MR) is 65.5 cm³/mol. The van der Waals surface area contributed by atoms with Crippen LogP contribution in [0.15, 0.2) is 24.3 Å². The lowest BCUT2D eigenvalue weighted by Gasteiger charge is -2.32. The molecular weight excluding hydrogens is 253 g/mol. The first-order valence-corrected chi connectivity index (χ1v) is 5.98. The van der Waals surface area contributed by atoms with Crippen molar-refractivity contribution in [1.29, 1.82) is 0 Å². The Balaban J connectivity index is 2.04. The minimum absolute atomic E-state index is 0.0288. The Morgan fingerprint density at radius 1 is 1.42 bits per heavy atom. The maximum absolute atomic E-state index is 12.8. The van der Waals surface area contributed by atoms with E-state index in [0.29, 0.717) is 18.7 Å². The highest BCUT2D eigenvalue weighted by Gasteiger charge is 2.28. The molecule has 1 aliphatic heterocycles. The fraction of sp³-hybridized carbons (Fsp3) is 0.385. The first-order chi connectivity index (χ1) is 9.06. The normalized spacial score (nSPS) is 19.1. The minimum atomic E-state index is -0.870. The molecule has 0 saturated carbocycles. The zero-order chi connectivity index (χ0) is 13.8. The quantitative estimate of drug-likeness (QED) is 0.908. The summed E-state index contributed by atoms with van der Waals surface area (Å²) in [5.41, 5.74) is 0.548. The summed E-state index contributed by atoms with van der Waals surface area (Å²) in [5.74, 6) is -1.28. The van der Waals surface area contributed by atoms with Crippen LogP contribution in [0.2, 0.25) is 0 Å². The van der Waals surface area contributed by atoms with Crippen molar-refractivity contribution in [2.24, 2.45) is 5.92 Å². The summed E-state index contributed by atoms with van der Waals surface area (Å²) >= 11 is 0. The third kappa shape index (κ3) is 3.43. The lowest BCUT2D eigenvalue weighted by molar-refractivity contribution is -0.137. The Morgan fingerprint density at radius 3 is 2.74 bits per heavy atom. The number of carbonyl (C=O) groups excluding carboxylic acids is 1. The third-order valence-electron chi connectivity index (χ3n) is 3.01. The third-order valence-corrected chi connectivity index (χ3v) is 3.01. The molecule has 5 nitrogen and oxygen atoms in total. The van der Waals surface area contributed by atoms with E-state index < -0.39 is 12.1 Å². The van der Waals surface area contributed by atoms with Gasteiger partial charge in [-0.25, -0.2) is 9.18 Å². The largest absolute Gasteiger partial charge is 0.481 e. The summed E-state index contributed by atoms with van der Waals surface area (Å²) in [7, 11) is 0. The lowest BCUT2D eigenvalue weighted by atomic mass is 10.0. The highest BCUT2D eigenvalue weighted by atomic mass is 19.1. The number of anilines is 1. The van der Waals surface area contributed by atoms with E-state index >= 15 is 0 Å². The minimum Gasteiger partial charge on any atom is -0.481 e. The average Bonchev–Trinajstić information content (AvgIpc) is 2.39. The molecule has 1 unspecified atom stereocenters. The van der Waals surface area contributed by atoms with E-state index in [1.165, 1.54) is 29.2 Å². The van der Waals surface area contributed by atoms with Gasteiger partial charge in [0, 0.05) is 24.6 Å². The van der Waals surface area contributed by atoms with Crippen LogP contribution in [-0.2, 0) is 9.53 Å². The SMILES string of the molecule is O=C(O)CCC1COC(=O)N(c2ccc(F)cc2)C1. The van der Waals surface area contributed by atoms with E-state index in [1.807, 2.05) is 0 Å². The number of rotatable bonds is 4. The van der Waals surface area contributed by atoms with Gasteiger partial charge in [0.15, 0.2) is 0 Å². The molecule has 19 heavy (non-hydrogen) atoms. The van der Waals surface area contributed by atoms with E-state index in [2.05, 4.69) is 0 Å². The number of amides is 1. The molecule has 1 aromatic rings. The molecule has 6 heteroatoms. The van der Waals surface area contributed by atoms with E-state index in [4.69, 9.17) is 9.84 Å². The van der Waals surface area contributed by atoms with Gasteiger partial charge in [-0.3, -0.25) is 9.69 Å². The number of benzene rings is 1. The average molecular weight is 267 g/mol. The number of halogens is 1. The number of hydrogen-bond donors (Lipinski definition) is 1. The standard InChI is InChI=1S/C13H14FNO4/c14-10-2-4-11(5-3-10)15-7-9(1-6-12(16)17)8-19-13(15)18/h2-5,9H,1,6-8H2,(H,16,17). The Morgan fingerprint density at radius 2 is 2.11 bits per heavy atom. The van der Waals surface area contributed by atoms with Gasteiger partial charge in [0.1, 0.15) is 5.82 Å². The van der Waals surface area contributed by atoms with Crippen molar-refractivity contribution < 1.29 is 23.8 Å². The maximum Gasteiger partial charge on any atom is 0.414 e. The number of hydrogen-bond acceptors (Lipinski definition) is 3.